The molecule has 0 saturated carbocycles. The standard InChI is InChI=1S/C18H27F3N6O/c1-2-23-17(25-9-7-18(19,20)21)26-12-14-4-3-8-24-16(14)27-10-5-13(6-11-27)15(22)28/h3-4,8,13H,2,5-7,9-12H2,1H3,(H2,22,28)(H2,23,25,26). The summed E-state index contributed by atoms with van der Waals surface area (Å²) in [5.41, 5.74) is 6.25. The molecular formula is C18H27F3N6O. The van der Waals surface area contributed by atoms with E-state index in [-0.39, 0.29) is 24.9 Å². The quantitative estimate of drug-likeness (QED) is 0.479. The molecule has 10 heteroatoms. The third kappa shape index (κ3) is 6.90. The summed E-state index contributed by atoms with van der Waals surface area (Å²) in [6.45, 7) is 3.77. The van der Waals surface area contributed by atoms with E-state index in [0.717, 1.165) is 11.4 Å². The molecule has 1 aliphatic rings. The monoisotopic (exact) mass is 400 g/mol. The third-order valence-electron chi connectivity index (χ3n) is 4.52. The fourth-order valence-corrected chi connectivity index (χ4v) is 3.04. The predicted molar refractivity (Wildman–Crippen MR) is 102 cm³/mol. The number of carbonyl (C=O) groups excluding carboxylic acids is 1. The van der Waals surface area contributed by atoms with Gasteiger partial charge in [0.2, 0.25) is 5.91 Å². The van der Waals surface area contributed by atoms with Gasteiger partial charge in [-0.2, -0.15) is 13.2 Å². The summed E-state index contributed by atoms with van der Waals surface area (Å²) in [5, 5.41) is 5.64. The lowest BCUT2D eigenvalue weighted by molar-refractivity contribution is -0.132. The first-order chi connectivity index (χ1) is 13.3. The Morgan fingerprint density at radius 1 is 1.36 bits per heavy atom. The summed E-state index contributed by atoms with van der Waals surface area (Å²) in [7, 11) is 0. The van der Waals surface area contributed by atoms with Crippen molar-refractivity contribution in [2.75, 3.05) is 31.1 Å². The minimum Gasteiger partial charge on any atom is -0.369 e. The number of halogens is 3. The van der Waals surface area contributed by atoms with E-state index in [4.69, 9.17) is 5.73 Å². The second-order valence-electron chi connectivity index (χ2n) is 6.64. The first kappa shape index (κ1) is 21.8. The average Bonchev–Trinajstić information content (AvgIpc) is 2.65. The summed E-state index contributed by atoms with van der Waals surface area (Å²) < 4.78 is 37.0. The number of piperidine rings is 1. The normalized spacial score (nSPS) is 16.1. The Labute approximate surface area is 162 Å². The van der Waals surface area contributed by atoms with Gasteiger partial charge in [0, 0.05) is 43.9 Å². The van der Waals surface area contributed by atoms with E-state index >= 15 is 0 Å². The number of nitrogens with one attached hydrogen (secondary N) is 2. The molecule has 0 aromatic carbocycles. The molecule has 2 rings (SSSR count). The zero-order valence-corrected chi connectivity index (χ0v) is 15.9. The second kappa shape index (κ2) is 10.1. The van der Waals surface area contributed by atoms with Crippen LogP contribution in [0.1, 0.15) is 31.7 Å². The number of alkyl halides is 3. The maximum atomic E-state index is 12.3. The minimum absolute atomic E-state index is 0.111. The highest BCUT2D eigenvalue weighted by Gasteiger charge is 2.26. The van der Waals surface area contributed by atoms with Crippen molar-refractivity contribution in [1.82, 2.24) is 15.6 Å². The van der Waals surface area contributed by atoms with Crippen molar-refractivity contribution in [2.45, 2.75) is 38.9 Å². The van der Waals surface area contributed by atoms with Crippen LogP contribution in [0.25, 0.3) is 0 Å². The molecule has 1 amide bonds. The minimum atomic E-state index is -4.21. The number of hydrogen-bond donors (Lipinski definition) is 3. The van der Waals surface area contributed by atoms with Crippen LogP contribution in [0.4, 0.5) is 19.0 Å². The summed E-state index contributed by atoms with van der Waals surface area (Å²) in [5.74, 6) is 0.722. The molecule has 0 aliphatic carbocycles. The van der Waals surface area contributed by atoms with E-state index in [1.54, 1.807) is 12.3 Å². The van der Waals surface area contributed by atoms with Crippen LogP contribution < -0.4 is 21.3 Å². The third-order valence-corrected chi connectivity index (χ3v) is 4.52. The average molecular weight is 400 g/mol. The zero-order chi connectivity index (χ0) is 20.6. The number of hydrogen-bond acceptors (Lipinski definition) is 4. The fraction of sp³-hybridized carbons (Fsp3) is 0.611. The van der Waals surface area contributed by atoms with Gasteiger partial charge in [0.15, 0.2) is 5.96 Å². The number of guanidine groups is 1. The van der Waals surface area contributed by atoms with Crippen LogP contribution in [-0.4, -0.2) is 49.2 Å². The number of nitrogens with two attached hydrogens (primary N) is 1. The molecule has 0 bridgehead atoms. The van der Waals surface area contributed by atoms with Crippen LogP contribution in [0, 0.1) is 5.92 Å². The highest BCUT2D eigenvalue weighted by Crippen LogP contribution is 2.25. The van der Waals surface area contributed by atoms with E-state index in [1.807, 2.05) is 13.0 Å². The number of rotatable bonds is 7. The number of nitrogens with zero attached hydrogens (tertiary/aromatic N) is 3. The number of pyridine rings is 1. The van der Waals surface area contributed by atoms with Gasteiger partial charge in [-0.15, -0.1) is 0 Å². The van der Waals surface area contributed by atoms with Crippen LogP contribution >= 0.6 is 0 Å². The van der Waals surface area contributed by atoms with Gasteiger partial charge in [0.1, 0.15) is 5.82 Å². The van der Waals surface area contributed by atoms with Crippen molar-refractivity contribution < 1.29 is 18.0 Å². The molecule has 1 aromatic heterocycles. The molecular weight excluding hydrogens is 373 g/mol. The molecule has 156 valence electrons. The Balaban J connectivity index is 2.02. The van der Waals surface area contributed by atoms with Crippen LogP contribution in [-0.2, 0) is 11.3 Å². The second-order valence-corrected chi connectivity index (χ2v) is 6.64. The molecule has 0 radical (unpaired) electrons. The predicted octanol–water partition coefficient (Wildman–Crippen LogP) is 1.79. The van der Waals surface area contributed by atoms with Crippen molar-refractivity contribution in [3.63, 3.8) is 0 Å². The molecule has 4 N–H and O–H groups in total. The molecule has 0 spiro atoms. The molecule has 28 heavy (non-hydrogen) atoms. The first-order valence-corrected chi connectivity index (χ1v) is 9.37. The summed E-state index contributed by atoms with van der Waals surface area (Å²) in [6.07, 6.45) is -2.09. The molecule has 1 aromatic rings. The lowest BCUT2D eigenvalue weighted by Gasteiger charge is -2.32. The number of aromatic nitrogens is 1. The molecule has 2 heterocycles. The van der Waals surface area contributed by atoms with Gasteiger partial charge in [0.25, 0.3) is 0 Å². The van der Waals surface area contributed by atoms with Crippen LogP contribution in [0.2, 0.25) is 0 Å². The summed E-state index contributed by atoms with van der Waals surface area (Å²) in [6, 6.07) is 3.69. The lowest BCUT2D eigenvalue weighted by atomic mass is 9.96. The van der Waals surface area contributed by atoms with Crippen LogP contribution in [0.3, 0.4) is 0 Å². The largest absolute Gasteiger partial charge is 0.390 e. The van der Waals surface area contributed by atoms with E-state index in [9.17, 15) is 18.0 Å². The van der Waals surface area contributed by atoms with E-state index in [2.05, 4.69) is 25.5 Å². The van der Waals surface area contributed by atoms with Crippen molar-refractivity contribution in [3.05, 3.63) is 23.9 Å². The first-order valence-electron chi connectivity index (χ1n) is 9.37. The number of amides is 1. The molecule has 1 saturated heterocycles. The van der Waals surface area contributed by atoms with Gasteiger partial charge in [-0.05, 0) is 25.8 Å². The number of aliphatic imine (C=N–C) groups is 1. The fourth-order valence-electron chi connectivity index (χ4n) is 3.04. The van der Waals surface area contributed by atoms with Crippen molar-refractivity contribution in [3.8, 4) is 0 Å². The number of primary amides is 1. The van der Waals surface area contributed by atoms with E-state index in [0.29, 0.717) is 38.4 Å². The van der Waals surface area contributed by atoms with Crippen molar-refractivity contribution >= 4 is 17.7 Å². The van der Waals surface area contributed by atoms with Gasteiger partial charge >= 0.3 is 6.18 Å². The molecule has 0 unspecified atom stereocenters. The van der Waals surface area contributed by atoms with Gasteiger partial charge in [-0.3, -0.25) is 4.79 Å². The topological polar surface area (TPSA) is 95.6 Å². The van der Waals surface area contributed by atoms with Crippen molar-refractivity contribution in [1.29, 1.82) is 0 Å². The SMILES string of the molecule is CCNC(=NCc1cccnc1N1CCC(C(N)=O)CC1)NCCC(F)(F)F. The van der Waals surface area contributed by atoms with Gasteiger partial charge in [-0.25, -0.2) is 9.98 Å². The molecule has 1 aliphatic heterocycles. The highest BCUT2D eigenvalue weighted by molar-refractivity contribution is 5.79. The number of anilines is 1. The lowest BCUT2D eigenvalue weighted by Crippen LogP contribution is -2.39. The maximum Gasteiger partial charge on any atom is 0.390 e. The van der Waals surface area contributed by atoms with Crippen LogP contribution in [0.15, 0.2) is 23.3 Å². The molecule has 0 atom stereocenters. The Morgan fingerprint density at radius 2 is 2.07 bits per heavy atom. The van der Waals surface area contributed by atoms with Gasteiger partial charge in [0.05, 0.1) is 13.0 Å². The molecule has 7 nitrogen and oxygen atoms in total. The Hall–Kier alpha value is -2.52. The summed E-state index contributed by atoms with van der Waals surface area (Å²) >= 11 is 0. The highest BCUT2D eigenvalue weighted by atomic mass is 19.4. The van der Waals surface area contributed by atoms with Crippen LogP contribution in [0.5, 0.6) is 0 Å². The summed E-state index contributed by atoms with van der Waals surface area (Å²) in [4.78, 5) is 22.3. The van der Waals surface area contributed by atoms with E-state index < -0.39 is 12.6 Å². The number of carbonyl (C=O) groups is 1. The Morgan fingerprint density at radius 3 is 2.68 bits per heavy atom. The molecule has 1 fully saturated rings. The van der Waals surface area contributed by atoms with Gasteiger partial charge in [-0.1, -0.05) is 6.07 Å². The maximum absolute atomic E-state index is 12.3. The zero-order valence-electron chi connectivity index (χ0n) is 15.9. The smallest absolute Gasteiger partial charge is 0.369 e. The van der Waals surface area contributed by atoms with Crippen molar-refractivity contribution in [2.24, 2.45) is 16.6 Å². The van der Waals surface area contributed by atoms with E-state index in [1.165, 1.54) is 0 Å². The van der Waals surface area contributed by atoms with Gasteiger partial charge < -0.3 is 21.3 Å². The Bertz CT molecular complexity index is 672. The Kier molecular flexibility index (Phi) is 7.89.